The number of fused-ring (bicyclic) bond motifs is 1. The largest absolute Gasteiger partial charge is 0.468 e. The molecule has 2 heterocycles. The molecule has 2 aromatic heterocycles. The third-order valence-corrected chi connectivity index (χ3v) is 2.79. The van der Waals surface area contributed by atoms with Gasteiger partial charge >= 0.3 is 12.0 Å². The van der Waals surface area contributed by atoms with Gasteiger partial charge in [-0.05, 0) is 12.1 Å². The van der Waals surface area contributed by atoms with E-state index in [2.05, 4.69) is 9.97 Å². The van der Waals surface area contributed by atoms with E-state index in [-0.39, 0.29) is 0 Å². The molecule has 0 amide bonds. The zero-order valence-electron chi connectivity index (χ0n) is 10.3. The molecule has 0 bridgehead atoms. The number of aryl methyl sites for hydroxylation is 1. The van der Waals surface area contributed by atoms with Crippen LogP contribution in [-0.4, -0.2) is 21.6 Å². The monoisotopic (exact) mass is 243 g/mol. The molecule has 0 aliphatic carbocycles. The Bertz CT molecular complexity index is 684. The zero-order valence-corrected chi connectivity index (χ0v) is 10.3. The van der Waals surface area contributed by atoms with E-state index in [4.69, 9.17) is 9.15 Å². The number of methoxy groups -OCH3 is 1. The lowest BCUT2D eigenvalue weighted by Gasteiger charge is -2.02. The Hall–Kier alpha value is -2.30. The van der Waals surface area contributed by atoms with Gasteiger partial charge in [0.25, 0.3) is 0 Å². The average molecular weight is 243 g/mol. The summed E-state index contributed by atoms with van der Waals surface area (Å²) in [5.41, 5.74) is 1.77. The third kappa shape index (κ3) is 1.55. The Morgan fingerprint density at radius 3 is 2.89 bits per heavy atom. The maximum absolute atomic E-state index is 5.66. The average Bonchev–Trinajstić information content (AvgIpc) is 3.01. The maximum atomic E-state index is 5.66. The van der Waals surface area contributed by atoms with Gasteiger partial charge < -0.3 is 9.15 Å². The molecule has 18 heavy (non-hydrogen) atoms. The molecule has 0 spiro atoms. The molecule has 0 saturated heterocycles. The first-order chi connectivity index (χ1) is 8.83. The number of benzene rings is 1. The molecule has 0 fully saturated rings. The summed E-state index contributed by atoms with van der Waals surface area (Å²) in [7, 11) is 1.58. The van der Waals surface area contributed by atoms with E-state index < -0.39 is 0 Å². The van der Waals surface area contributed by atoms with Gasteiger partial charge in [0, 0.05) is 6.42 Å². The summed E-state index contributed by atoms with van der Waals surface area (Å²) >= 11 is 0. The highest BCUT2D eigenvalue weighted by Gasteiger charge is 2.16. The number of nitrogens with zero attached hydrogens (tertiary/aromatic N) is 3. The van der Waals surface area contributed by atoms with Crippen molar-refractivity contribution in [3.8, 4) is 12.0 Å². The molecule has 0 radical (unpaired) electrons. The Morgan fingerprint density at radius 1 is 1.33 bits per heavy atom. The first kappa shape index (κ1) is 10.8. The van der Waals surface area contributed by atoms with Gasteiger partial charge in [-0.3, -0.25) is 0 Å². The van der Waals surface area contributed by atoms with Crippen LogP contribution >= 0.6 is 0 Å². The summed E-state index contributed by atoms with van der Waals surface area (Å²) in [6.45, 7) is 2.02. The first-order valence-corrected chi connectivity index (χ1v) is 5.80. The van der Waals surface area contributed by atoms with Crippen LogP contribution in [-0.2, 0) is 6.42 Å². The molecular weight excluding hydrogens is 230 g/mol. The van der Waals surface area contributed by atoms with Gasteiger partial charge in [0.05, 0.1) is 24.3 Å². The van der Waals surface area contributed by atoms with Gasteiger partial charge in [-0.25, -0.2) is 9.55 Å². The van der Waals surface area contributed by atoms with Crippen LogP contribution in [0.3, 0.4) is 0 Å². The van der Waals surface area contributed by atoms with Crippen LogP contribution in [0.25, 0.3) is 17.0 Å². The van der Waals surface area contributed by atoms with Crippen LogP contribution in [0.15, 0.2) is 34.9 Å². The number of imidazole rings is 1. The van der Waals surface area contributed by atoms with Crippen molar-refractivity contribution in [3.05, 3.63) is 36.2 Å². The minimum Gasteiger partial charge on any atom is -0.468 e. The van der Waals surface area contributed by atoms with Gasteiger partial charge in [-0.15, -0.1) is 0 Å². The Balaban J connectivity index is 2.25. The van der Waals surface area contributed by atoms with E-state index in [1.54, 1.807) is 17.9 Å². The van der Waals surface area contributed by atoms with Gasteiger partial charge in [-0.1, -0.05) is 19.1 Å². The smallest absolute Gasteiger partial charge is 0.310 e. The summed E-state index contributed by atoms with van der Waals surface area (Å²) in [5, 5.41) is 0. The zero-order chi connectivity index (χ0) is 12.5. The quantitative estimate of drug-likeness (QED) is 0.709. The van der Waals surface area contributed by atoms with Crippen molar-refractivity contribution in [3.63, 3.8) is 0 Å². The summed E-state index contributed by atoms with van der Waals surface area (Å²) in [6.07, 6.45) is 2.53. The first-order valence-electron chi connectivity index (χ1n) is 5.80. The van der Waals surface area contributed by atoms with E-state index >= 15 is 0 Å². The summed E-state index contributed by atoms with van der Waals surface area (Å²) < 4.78 is 12.7. The third-order valence-electron chi connectivity index (χ3n) is 2.79. The van der Waals surface area contributed by atoms with Crippen LogP contribution in [0, 0.1) is 0 Å². The standard InChI is InChI=1S/C13H13N3O2/c1-3-9-8-14-12(18-9)16-11-7-5-4-6-10(11)15-13(16)17-2/h4-8H,3H2,1-2H3. The Kier molecular flexibility index (Phi) is 2.51. The molecular formula is C13H13N3O2. The lowest BCUT2D eigenvalue weighted by Crippen LogP contribution is -1.98. The summed E-state index contributed by atoms with van der Waals surface area (Å²) in [4.78, 5) is 8.65. The van der Waals surface area contributed by atoms with Crippen molar-refractivity contribution in [1.29, 1.82) is 0 Å². The SMILES string of the molecule is CCc1cnc(-n2c(OC)nc3ccccc32)o1. The molecule has 0 saturated carbocycles. The molecule has 0 atom stereocenters. The molecule has 0 aliphatic heterocycles. The number of rotatable bonds is 3. The summed E-state index contributed by atoms with van der Waals surface area (Å²) in [6, 6.07) is 8.73. The fraction of sp³-hybridized carbons (Fsp3) is 0.231. The maximum Gasteiger partial charge on any atom is 0.310 e. The number of aromatic nitrogens is 3. The number of ether oxygens (including phenoxy) is 1. The number of para-hydroxylation sites is 2. The van der Waals surface area contributed by atoms with Crippen LogP contribution < -0.4 is 4.74 Å². The minimum absolute atomic E-state index is 0.473. The van der Waals surface area contributed by atoms with Crippen molar-refractivity contribution in [1.82, 2.24) is 14.5 Å². The lowest BCUT2D eigenvalue weighted by atomic mass is 10.3. The van der Waals surface area contributed by atoms with Crippen molar-refractivity contribution in [2.45, 2.75) is 13.3 Å². The molecule has 3 rings (SSSR count). The fourth-order valence-electron chi connectivity index (χ4n) is 1.89. The van der Waals surface area contributed by atoms with E-state index in [0.717, 1.165) is 23.2 Å². The molecule has 0 unspecified atom stereocenters. The topological polar surface area (TPSA) is 53.1 Å². The second kappa shape index (κ2) is 4.18. The van der Waals surface area contributed by atoms with E-state index in [1.165, 1.54) is 0 Å². The molecule has 0 N–H and O–H groups in total. The van der Waals surface area contributed by atoms with E-state index in [0.29, 0.717) is 12.0 Å². The number of hydrogen-bond donors (Lipinski definition) is 0. The van der Waals surface area contributed by atoms with Gasteiger partial charge in [0.2, 0.25) is 0 Å². The highest BCUT2D eigenvalue weighted by Crippen LogP contribution is 2.25. The highest BCUT2D eigenvalue weighted by atomic mass is 16.5. The van der Waals surface area contributed by atoms with Crippen molar-refractivity contribution < 1.29 is 9.15 Å². The Labute approximate surface area is 104 Å². The lowest BCUT2D eigenvalue weighted by molar-refractivity contribution is 0.363. The molecule has 5 nitrogen and oxygen atoms in total. The predicted molar refractivity (Wildman–Crippen MR) is 67.1 cm³/mol. The molecule has 3 aromatic rings. The van der Waals surface area contributed by atoms with Gasteiger partial charge in [-0.2, -0.15) is 4.98 Å². The molecule has 92 valence electrons. The second-order valence-corrected chi connectivity index (χ2v) is 3.89. The normalized spacial score (nSPS) is 11.0. The number of hydrogen-bond acceptors (Lipinski definition) is 4. The number of oxazole rings is 1. The van der Waals surface area contributed by atoms with Crippen LogP contribution in [0.2, 0.25) is 0 Å². The Morgan fingerprint density at radius 2 is 2.17 bits per heavy atom. The van der Waals surface area contributed by atoms with Crippen LogP contribution in [0.1, 0.15) is 12.7 Å². The molecule has 0 aliphatic rings. The van der Waals surface area contributed by atoms with E-state index in [9.17, 15) is 0 Å². The van der Waals surface area contributed by atoms with Gasteiger partial charge in [0.15, 0.2) is 0 Å². The molecule has 1 aromatic carbocycles. The minimum atomic E-state index is 0.473. The van der Waals surface area contributed by atoms with Gasteiger partial charge in [0.1, 0.15) is 5.76 Å². The van der Waals surface area contributed by atoms with Crippen molar-refractivity contribution >= 4 is 11.0 Å². The fourth-order valence-corrected chi connectivity index (χ4v) is 1.89. The predicted octanol–water partition coefficient (Wildman–Crippen LogP) is 2.58. The van der Waals surface area contributed by atoms with Crippen molar-refractivity contribution in [2.75, 3.05) is 7.11 Å². The summed E-state index contributed by atoms with van der Waals surface area (Å²) in [5.74, 6) is 0.838. The van der Waals surface area contributed by atoms with Crippen molar-refractivity contribution in [2.24, 2.45) is 0 Å². The second-order valence-electron chi connectivity index (χ2n) is 3.89. The van der Waals surface area contributed by atoms with Crippen LogP contribution in [0.4, 0.5) is 0 Å². The van der Waals surface area contributed by atoms with E-state index in [1.807, 2.05) is 31.2 Å². The molecule has 5 heteroatoms. The van der Waals surface area contributed by atoms with Crippen LogP contribution in [0.5, 0.6) is 6.01 Å². The highest BCUT2D eigenvalue weighted by molar-refractivity contribution is 5.78.